The van der Waals surface area contributed by atoms with Crippen LogP contribution in [0.25, 0.3) is 0 Å². The van der Waals surface area contributed by atoms with Crippen LogP contribution >= 0.6 is 0 Å². The topological polar surface area (TPSA) is 107 Å². The molecule has 122 valence electrons. The van der Waals surface area contributed by atoms with E-state index in [0.717, 1.165) is 17.7 Å². The highest BCUT2D eigenvalue weighted by Gasteiger charge is 2.27. The van der Waals surface area contributed by atoms with E-state index in [1.54, 1.807) is 31.2 Å². The minimum atomic E-state index is -4.35. The van der Waals surface area contributed by atoms with Crippen LogP contribution in [0.5, 0.6) is 0 Å². The van der Waals surface area contributed by atoms with Crippen molar-refractivity contribution in [3.8, 4) is 0 Å². The molecular weight excluding hydrogens is 322 g/mol. The number of rotatable bonds is 6. The van der Waals surface area contributed by atoms with Gasteiger partial charge in [0, 0.05) is 6.07 Å². The van der Waals surface area contributed by atoms with Crippen LogP contribution < -0.4 is 0 Å². The largest absolute Gasteiger partial charge is 0.386 e. The van der Waals surface area contributed by atoms with Crippen molar-refractivity contribution in [1.29, 1.82) is 0 Å². The first-order valence-corrected chi connectivity index (χ1v) is 8.10. The Morgan fingerprint density at radius 2 is 1.78 bits per heavy atom. The van der Waals surface area contributed by atoms with Gasteiger partial charge in [-0.05, 0) is 24.1 Å². The van der Waals surface area contributed by atoms with Crippen LogP contribution in [0.1, 0.15) is 17.2 Å². The van der Waals surface area contributed by atoms with E-state index in [0.29, 0.717) is 5.56 Å². The third-order valence-corrected chi connectivity index (χ3v) is 4.59. The second-order valence-corrected chi connectivity index (χ2v) is 6.42. The fourth-order valence-corrected chi connectivity index (χ4v) is 3.17. The quantitative estimate of drug-likeness (QED) is 0.492. The van der Waals surface area contributed by atoms with E-state index in [-0.39, 0.29) is 0 Å². The summed E-state index contributed by atoms with van der Waals surface area (Å²) in [6.07, 6.45) is -1.16. The molecule has 1 atom stereocenters. The lowest BCUT2D eigenvalue weighted by atomic mass is 10.0. The number of aryl methyl sites for hydroxylation is 1. The molecule has 2 rings (SSSR count). The van der Waals surface area contributed by atoms with Crippen molar-refractivity contribution in [2.45, 2.75) is 17.9 Å². The number of nitrogens with zero attached hydrogens (tertiary/aromatic N) is 1. The second kappa shape index (κ2) is 6.86. The van der Waals surface area contributed by atoms with Crippen LogP contribution in [0.4, 0.5) is 5.69 Å². The van der Waals surface area contributed by atoms with Gasteiger partial charge in [-0.25, -0.2) is 0 Å². The Bertz CT molecular complexity index is 818. The van der Waals surface area contributed by atoms with E-state index >= 15 is 0 Å². The average Bonchev–Trinajstić information content (AvgIpc) is 2.53. The Kier molecular flexibility index (Phi) is 5.09. The van der Waals surface area contributed by atoms with Gasteiger partial charge in [0.15, 0.2) is 4.90 Å². The second-order valence-electron chi connectivity index (χ2n) is 4.84. The SMILES string of the molecule is Cc1ccccc1C(O)COS(=O)(=O)c1ccccc1[N+](=O)[O-]. The number of aliphatic hydroxyl groups is 1. The summed E-state index contributed by atoms with van der Waals surface area (Å²) >= 11 is 0. The Morgan fingerprint density at radius 3 is 2.43 bits per heavy atom. The molecular formula is C15H15NO6S. The van der Waals surface area contributed by atoms with Gasteiger partial charge in [0.2, 0.25) is 0 Å². The third-order valence-electron chi connectivity index (χ3n) is 3.26. The number of nitro benzene ring substituents is 1. The Morgan fingerprint density at radius 1 is 1.17 bits per heavy atom. The Hall–Kier alpha value is -2.29. The van der Waals surface area contributed by atoms with Crippen LogP contribution in [-0.4, -0.2) is 25.1 Å². The molecule has 2 aromatic rings. The number of benzene rings is 2. The molecule has 0 aliphatic rings. The van der Waals surface area contributed by atoms with Crippen molar-refractivity contribution in [1.82, 2.24) is 0 Å². The van der Waals surface area contributed by atoms with E-state index in [2.05, 4.69) is 0 Å². The maximum absolute atomic E-state index is 12.1. The van der Waals surface area contributed by atoms with Crippen molar-refractivity contribution in [2.75, 3.05) is 6.61 Å². The molecule has 0 aromatic heterocycles. The molecule has 0 bridgehead atoms. The summed E-state index contributed by atoms with van der Waals surface area (Å²) < 4.78 is 29.1. The van der Waals surface area contributed by atoms with Gasteiger partial charge < -0.3 is 5.11 Å². The van der Waals surface area contributed by atoms with Gasteiger partial charge in [-0.1, -0.05) is 36.4 Å². The summed E-state index contributed by atoms with van der Waals surface area (Å²) in [5, 5.41) is 21.0. The highest BCUT2D eigenvalue weighted by Crippen LogP contribution is 2.26. The predicted molar refractivity (Wildman–Crippen MR) is 82.4 cm³/mol. The molecule has 0 saturated carbocycles. The highest BCUT2D eigenvalue weighted by atomic mass is 32.2. The van der Waals surface area contributed by atoms with Crippen molar-refractivity contribution >= 4 is 15.8 Å². The van der Waals surface area contributed by atoms with Gasteiger partial charge in [0.05, 0.1) is 11.5 Å². The molecule has 0 heterocycles. The number of aliphatic hydroxyl groups excluding tert-OH is 1. The van der Waals surface area contributed by atoms with E-state index in [9.17, 15) is 23.6 Å². The predicted octanol–water partition coefficient (Wildman–Crippen LogP) is 2.34. The third kappa shape index (κ3) is 3.92. The fraction of sp³-hybridized carbons (Fsp3) is 0.200. The molecule has 23 heavy (non-hydrogen) atoms. The van der Waals surface area contributed by atoms with Crippen LogP contribution in [0, 0.1) is 17.0 Å². The van der Waals surface area contributed by atoms with Crippen LogP contribution in [0.15, 0.2) is 53.4 Å². The molecule has 8 heteroatoms. The normalized spacial score (nSPS) is 12.8. The summed E-state index contributed by atoms with van der Waals surface area (Å²) in [6.45, 7) is 1.24. The van der Waals surface area contributed by atoms with Gasteiger partial charge in [0.1, 0.15) is 6.10 Å². The smallest absolute Gasteiger partial charge is 0.303 e. The number of hydrogen-bond acceptors (Lipinski definition) is 6. The number of para-hydroxylation sites is 1. The van der Waals surface area contributed by atoms with E-state index < -0.39 is 38.3 Å². The first-order valence-electron chi connectivity index (χ1n) is 6.69. The molecule has 7 nitrogen and oxygen atoms in total. The highest BCUT2D eigenvalue weighted by molar-refractivity contribution is 7.87. The summed E-state index contributed by atoms with van der Waals surface area (Å²) in [4.78, 5) is 9.57. The van der Waals surface area contributed by atoms with Gasteiger partial charge in [-0.15, -0.1) is 0 Å². The first-order chi connectivity index (χ1) is 10.8. The lowest BCUT2D eigenvalue weighted by Crippen LogP contribution is -2.15. The summed E-state index contributed by atoms with van der Waals surface area (Å²) in [5.41, 5.74) is 0.745. The van der Waals surface area contributed by atoms with Crippen molar-refractivity contribution < 1.29 is 22.6 Å². The fourth-order valence-electron chi connectivity index (χ4n) is 2.09. The average molecular weight is 337 g/mol. The molecule has 2 aromatic carbocycles. The summed E-state index contributed by atoms with van der Waals surface area (Å²) in [7, 11) is -4.35. The summed E-state index contributed by atoms with van der Waals surface area (Å²) in [5.74, 6) is 0. The zero-order valence-corrected chi connectivity index (χ0v) is 13.1. The number of nitro groups is 1. The molecule has 0 fully saturated rings. The Balaban J connectivity index is 2.20. The van der Waals surface area contributed by atoms with Crippen molar-refractivity contribution in [3.05, 3.63) is 69.8 Å². The van der Waals surface area contributed by atoms with Crippen LogP contribution in [0.3, 0.4) is 0 Å². The Labute approximate surface area is 133 Å². The molecule has 0 spiro atoms. The molecule has 1 unspecified atom stereocenters. The van der Waals surface area contributed by atoms with Crippen LogP contribution in [0.2, 0.25) is 0 Å². The zero-order chi connectivity index (χ0) is 17.0. The monoisotopic (exact) mass is 337 g/mol. The minimum Gasteiger partial charge on any atom is -0.386 e. The first kappa shape index (κ1) is 17.1. The standard InChI is InChI=1S/C15H15NO6S/c1-11-6-2-3-7-12(11)14(17)10-22-23(20,21)15-9-5-4-8-13(15)16(18)19/h2-9,14,17H,10H2,1H3. The van der Waals surface area contributed by atoms with Gasteiger partial charge in [0.25, 0.3) is 5.69 Å². The minimum absolute atomic E-state index is 0.529. The zero-order valence-electron chi connectivity index (χ0n) is 12.2. The van der Waals surface area contributed by atoms with Crippen molar-refractivity contribution in [3.63, 3.8) is 0 Å². The molecule has 0 aliphatic heterocycles. The van der Waals surface area contributed by atoms with Gasteiger partial charge in [-0.2, -0.15) is 8.42 Å². The van der Waals surface area contributed by atoms with E-state index in [4.69, 9.17) is 4.18 Å². The molecule has 0 radical (unpaired) electrons. The molecule has 0 saturated heterocycles. The maximum atomic E-state index is 12.1. The van der Waals surface area contributed by atoms with E-state index in [1.165, 1.54) is 12.1 Å². The lowest BCUT2D eigenvalue weighted by Gasteiger charge is -2.14. The van der Waals surface area contributed by atoms with Gasteiger partial charge in [-0.3, -0.25) is 14.3 Å². The van der Waals surface area contributed by atoms with Gasteiger partial charge >= 0.3 is 10.1 Å². The molecule has 0 aliphatic carbocycles. The van der Waals surface area contributed by atoms with Crippen LogP contribution in [-0.2, 0) is 14.3 Å². The molecule has 1 N–H and O–H groups in total. The summed E-state index contributed by atoms with van der Waals surface area (Å²) in [6, 6.07) is 11.8. The lowest BCUT2D eigenvalue weighted by molar-refractivity contribution is -0.387. The molecule has 0 amide bonds. The van der Waals surface area contributed by atoms with E-state index in [1.807, 2.05) is 0 Å². The maximum Gasteiger partial charge on any atom is 0.303 e. The van der Waals surface area contributed by atoms with Crippen molar-refractivity contribution in [2.24, 2.45) is 0 Å². The number of hydrogen-bond donors (Lipinski definition) is 1.